The highest BCUT2D eigenvalue weighted by Gasteiger charge is 2.51. The first-order valence-corrected chi connectivity index (χ1v) is 11.8. The average molecular weight is 433 g/mol. The lowest BCUT2D eigenvalue weighted by Crippen LogP contribution is -2.35. The van der Waals surface area contributed by atoms with Crippen molar-refractivity contribution in [3.05, 3.63) is 58.6 Å². The van der Waals surface area contributed by atoms with Gasteiger partial charge < -0.3 is 5.32 Å². The van der Waals surface area contributed by atoms with Gasteiger partial charge in [0.25, 0.3) is 0 Å². The van der Waals surface area contributed by atoms with Crippen molar-refractivity contribution in [1.82, 2.24) is 4.31 Å². The van der Waals surface area contributed by atoms with Crippen LogP contribution >= 0.6 is 11.6 Å². The Morgan fingerprint density at radius 3 is 2.31 bits per heavy atom. The van der Waals surface area contributed by atoms with Gasteiger partial charge in [0.1, 0.15) is 0 Å². The number of carbonyl (C=O) groups is 1. The van der Waals surface area contributed by atoms with Crippen molar-refractivity contribution in [3.8, 4) is 0 Å². The summed E-state index contributed by atoms with van der Waals surface area (Å²) in [4.78, 5) is 13.3. The zero-order chi connectivity index (χ0) is 20.6. The van der Waals surface area contributed by atoms with Crippen LogP contribution in [-0.2, 0) is 20.2 Å². The summed E-state index contributed by atoms with van der Waals surface area (Å²) in [6, 6.07) is 12.3. The topological polar surface area (TPSA) is 66.5 Å². The molecule has 1 amide bonds. The Labute approximate surface area is 177 Å². The smallest absolute Gasteiger partial charge is 0.243 e. The molecular weight excluding hydrogens is 408 g/mol. The van der Waals surface area contributed by atoms with Gasteiger partial charge in [-0.2, -0.15) is 4.31 Å². The number of hydrogen-bond donors (Lipinski definition) is 1. The molecule has 0 bridgehead atoms. The number of aryl methyl sites for hydroxylation is 1. The standard InChI is InChI=1S/C22H25ClN2O3S/c1-16-5-10-19(29(27,28)25-13-3-2-4-14-25)15-20(16)24-21(26)22(11-12-22)17-6-8-18(23)9-7-17/h5-10,15H,2-4,11-14H2,1H3,(H,24,26). The van der Waals surface area contributed by atoms with E-state index in [0.717, 1.165) is 43.2 Å². The molecule has 0 radical (unpaired) electrons. The van der Waals surface area contributed by atoms with Gasteiger partial charge in [0.15, 0.2) is 0 Å². The van der Waals surface area contributed by atoms with E-state index < -0.39 is 15.4 Å². The van der Waals surface area contributed by atoms with Crippen molar-refractivity contribution in [2.45, 2.75) is 49.3 Å². The summed E-state index contributed by atoms with van der Waals surface area (Å²) >= 11 is 5.98. The first-order chi connectivity index (χ1) is 13.8. The highest BCUT2D eigenvalue weighted by molar-refractivity contribution is 7.89. The molecule has 4 rings (SSSR count). The second-order valence-corrected chi connectivity index (χ2v) is 10.4. The van der Waals surface area contributed by atoms with Gasteiger partial charge in [-0.1, -0.05) is 36.2 Å². The maximum absolute atomic E-state index is 13.1. The predicted molar refractivity (Wildman–Crippen MR) is 115 cm³/mol. The van der Waals surface area contributed by atoms with Crippen molar-refractivity contribution >= 4 is 33.2 Å². The third-order valence-corrected chi connectivity index (χ3v) is 8.14. The molecule has 5 nitrogen and oxygen atoms in total. The summed E-state index contributed by atoms with van der Waals surface area (Å²) in [5, 5.41) is 3.62. The summed E-state index contributed by atoms with van der Waals surface area (Å²) in [6.45, 7) is 2.98. The molecule has 1 N–H and O–H groups in total. The normalized spacial score (nSPS) is 19.0. The molecule has 0 aromatic heterocycles. The molecule has 29 heavy (non-hydrogen) atoms. The number of carbonyl (C=O) groups excluding carboxylic acids is 1. The fourth-order valence-corrected chi connectivity index (χ4v) is 5.60. The Bertz CT molecular complexity index is 1020. The van der Waals surface area contributed by atoms with Crippen LogP contribution in [0.3, 0.4) is 0 Å². The van der Waals surface area contributed by atoms with E-state index in [-0.39, 0.29) is 10.8 Å². The zero-order valence-electron chi connectivity index (χ0n) is 16.4. The molecule has 2 aromatic carbocycles. The quantitative estimate of drug-likeness (QED) is 0.756. The Kier molecular flexibility index (Phi) is 5.44. The molecule has 1 heterocycles. The van der Waals surface area contributed by atoms with Crippen LogP contribution < -0.4 is 5.32 Å². The fraction of sp³-hybridized carbons (Fsp3) is 0.409. The van der Waals surface area contributed by atoms with Gasteiger partial charge in [-0.3, -0.25) is 4.79 Å². The van der Waals surface area contributed by atoms with Crippen LogP contribution in [0.25, 0.3) is 0 Å². The molecule has 1 saturated carbocycles. The van der Waals surface area contributed by atoms with Crippen molar-refractivity contribution in [3.63, 3.8) is 0 Å². The number of nitrogens with zero attached hydrogens (tertiary/aromatic N) is 1. The third kappa shape index (κ3) is 3.93. The van der Waals surface area contributed by atoms with Crippen molar-refractivity contribution < 1.29 is 13.2 Å². The minimum atomic E-state index is -3.55. The average Bonchev–Trinajstić information content (AvgIpc) is 3.53. The summed E-state index contributed by atoms with van der Waals surface area (Å²) in [7, 11) is -3.55. The summed E-state index contributed by atoms with van der Waals surface area (Å²) < 4.78 is 27.5. The van der Waals surface area contributed by atoms with Crippen molar-refractivity contribution in [2.24, 2.45) is 0 Å². The molecule has 154 valence electrons. The van der Waals surface area contributed by atoms with Gasteiger partial charge in [0.2, 0.25) is 15.9 Å². The van der Waals surface area contributed by atoms with Crippen LogP contribution in [-0.4, -0.2) is 31.7 Å². The number of piperidine rings is 1. The van der Waals surface area contributed by atoms with Crippen molar-refractivity contribution in [2.75, 3.05) is 18.4 Å². The number of rotatable bonds is 5. The Hall–Kier alpha value is -1.89. The minimum absolute atomic E-state index is 0.101. The van der Waals surface area contributed by atoms with E-state index in [2.05, 4.69) is 5.32 Å². The molecule has 1 saturated heterocycles. The Balaban J connectivity index is 1.58. The van der Waals surface area contributed by atoms with Gasteiger partial charge in [-0.15, -0.1) is 0 Å². The van der Waals surface area contributed by atoms with E-state index in [4.69, 9.17) is 11.6 Å². The summed E-state index contributed by atoms with van der Waals surface area (Å²) in [6.07, 6.45) is 4.38. The van der Waals surface area contributed by atoms with Crippen LogP contribution in [0.4, 0.5) is 5.69 Å². The molecule has 0 unspecified atom stereocenters. The molecule has 0 spiro atoms. The number of anilines is 1. The lowest BCUT2D eigenvalue weighted by atomic mass is 9.95. The van der Waals surface area contributed by atoms with Crippen molar-refractivity contribution in [1.29, 1.82) is 0 Å². The maximum Gasteiger partial charge on any atom is 0.243 e. The van der Waals surface area contributed by atoms with Gasteiger partial charge in [-0.25, -0.2) is 8.42 Å². The number of hydrogen-bond acceptors (Lipinski definition) is 3. The molecule has 2 aliphatic rings. The molecule has 1 aliphatic heterocycles. The first kappa shape index (κ1) is 20.4. The molecule has 2 aromatic rings. The SMILES string of the molecule is Cc1ccc(S(=O)(=O)N2CCCCC2)cc1NC(=O)C1(c2ccc(Cl)cc2)CC1. The minimum Gasteiger partial charge on any atom is -0.325 e. The van der Waals surface area contributed by atoms with Gasteiger partial charge >= 0.3 is 0 Å². The summed E-state index contributed by atoms with van der Waals surface area (Å²) in [5.74, 6) is -0.101. The summed E-state index contributed by atoms with van der Waals surface area (Å²) in [5.41, 5.74) is 1.77. The largest absolute Gasteiger partial charge is 0.325 e. The van der Waals surface area contributed by atoms with Gasteiger partial charge in [0.05, 0.1) is 10.3 Å². The zero-order valence-corrected chi connectivity index (χ0v) is 18.0. The van der Waals surface area contributed by atoms with E-state index in [1.54, 1.807) is 34.6 Å². The predicted octanol–water partition coefficient (Wildman–Crippen LogP) is 4.49. The third-order valence-electron chi connectivity index (χ3n) is 5.99. The van der Waals surface area contributed by atoms with Crippen LogP contribution in [0.15, 0.2) is 47.4 Å². The van der Waals surface area contributed by atoms with Crippen LogP contribution in [0.5, 0.6) is 0 Å². The number of sulfonamides is 1. The van der Waals surface area contributed by atoms with E-state index in [0.29, 0.717) is 23.8 Å². The molecule has 0 atom stereocenters. The number of benzene rings is 2. The Morgan fingerprint density at radius 2 is 1.69 bits per heavy atom. The van der Waals surface area contributed by atoms with E-state index >= 15 is 0 Å². The molecule has 2 fully saturated rings. The van der Waals surface area contributed by atoms with E-state index in [1.807, 2.05) is 19.1 Å². The fourth-order valence-electron chi connectivity index (χ4n) is 3.93. The second kappa shape index (κ2) is 7.74. The second-order valence-electron chi connectivity index (χ2n) is 7.98. The lowest BCUT2D eigenvalue weighted by Gasteiger charge is -2.26. The number of nitrogens with one attached hydrogen (secondary N) is 1. The Morgan fingerprint density at radius 1 is 1.03 bits per heavy atom. The molecule has 1 aliphatic carbocycles. The van der Waals surface area contributed by atoms with Crippen LogP contribution in [0.2, 0.25) is 5.02 Å². The number of halogens is 1. The van der Waals surface area contributed by atoms with Gasteiger partial charge in [-0.05, 0) is 68.0 Å². The highest BCUT2D eigenvalue weighted by atomic mass is 35.5. The van der Waals surface area contributed by atoms with Crippen LogP contribution in [0.1, 0.15) is 43.2 Å². The van der Waals surface area contributed by atoms with E-state index in [1.165, 1.54) is 0 Å². The molecule has 7 heteroatoms. The van der Waals surface area contributed by atoms with Gasteiger partial charge in [0, 0.05) is 23.8 Å². The lowest BCUT2D eigenvalue weighted by molar-refractivity contribution is -0.118. The number of amides is 1. The molecular formula is C22H25ClN2O3S. The van der Waals surface area contributed by atoms with E-state index in [9.17, 15) is 13.2 Å². The monoisotopic (exact) mass is 432 g/mol. The highest BCUT2D eigenvalue weighted by Crippen LogP contribution is 2.49. The first-order valence-electron chi connectivity index (χ1n) is 10.0. The maximum atomic E-state index is 13.1. The van der Waals surface area contributed by atoms with Crippen LogP contribution in [0, 0.1) is 6.92 Å².